The van der Waals surface area contributed by atoms with Crippen molar-refractivity contribution < 1.29 is 9.47 Å². The molecule has 1 N–H and O–H groups in total. The average molecular weight is 242 g/mol. The molecule has 0 aromatic heterocycles. The van der Waals surface area contributed by atoms with Crippen LogP contribution in [0.1, 0.15) is 12.5 Å². The SMILES string of the molecule is C=C(c1ccc2c(c1)OCO2)C(C)NC.Cl. The topological polar surface area (TPSA) is 30.5 Å². The van der Waals surface area contributed by atoms with Crippen molar-refractivity contribution in [2.75, 3.05) is 13.8 Å². The van der Waals surface area contributed by atoms with Gasteiger partial charge in [-0.3, -0.25) is 0 Å². The van der Waals surface area contributed by atoms with Crippen LogP contribution in [0.5, 0.6) is 11.5 Å². The molecular formula is C12H16ClNO2. The van der Waals surface area contributed by atoms with Crippen molar-refractivity contribution in [2.45, 2.75) is 13.0 Å². The maximum Gasteiger partial charge on any atom is 0.231 e. The predicted octanol–water partition coefficient (Wildman–Crippen LogP) is 2.46. The molecule has 1 heterocycles. The van der Waals surface area contributed by atoms with Crippen LogP contribution in [0.2, 0.25) is 0 Å². The van der Waals surface area contributed by atoms with Crippen molar-refractivity contribution >= 4 is 18.0 Å². The van der Waals surface area contributed by atoms with Crippen LogP contribution in [0.15, 0.2) is 24.8 Å². The second-order valence-corrected chi connectivity index (χ2v) is 3.60. The van der Waals surface area contributed by atoms with Crippen LogP contribution in [-0.4, -0.2) is 19.9 Å². The monoisotopic (exact) mass is 241 g/mol. The Balaban J connectivity index is 0.00000128. The third-order valence-electron chi connectivity index (χ3n) is 2.70. The molecule has 4 heteroatoms. The largest absolute Gasteiger partial charge is 0.454 e. The number of rotatable bonds is 3. The highest BCUT2D eigenvalue weighted by Gasteiger charge is 2.15. The van der Waals surface area contributed by atoms with E-state index in [4.69, 9.17) is 9.47 Å². The summed E-state index contributed by atoms with van der Waals surface area (Å²) < 4.78 is 10.6. The molecule has 0 bridgehead atoms. The first-order valence-corrected chi connectivity index (χ1v) is 4.98. The van der Waals surface area contributed by atoms with Crippen molar-refractivity contribution in [2.24, 2.45) is 0 Å². The third-order valence-corrected chi connectivity index (χ3v) is 2.70. The number of halogens is 1. The molecule has 3 nitrogen and oxygen atoms in total. The minimum Gasteiger partial charge on any atom is -0.454 e. The molecule has 1 unspecified atom stereocenters. The van der Waals surface area contributed by atoms with Gasteiger partial charge in [-0.05, 0) is 37.2 Å². The van der Waals surface area contributed by atoms with Gasteiger partial charge in [0.1, 0.15) is 0 Å². The van der Waals surface area contributed by atoms with Gasteiger partial charge in [0.15, 0.2) is 11.5 Å². The van der Waals surface area contributed by atoms with E-state index in [1.165, 1.54) is 0 Å². The maximum atomic E-state index is 5.32. The highest BCUT2D eigenvalue weighted by molar-refractivity contribution is 5.85. The van der Waals surface area contributed by atoms with Crippen LogP contribution >= 0.6 is 12.4 Å². The van der Waals surface area contributed by atoms with E-state index in [2.05, 4.69) is 18.8 Å². The van der Waals surface area contributed by atoms with Crippen molar-refractivity contribution in [1.82, 2.24) is 5.32 Å². The Bertz CT molecular complexity index is 393. The molecule has 0 amide bonds. The molecule has 1 aromatic carbocycles. The molecule has 1 aromatic rings. The van der Waals surface area contributed by atoms with Crippen molar-refractivity contribution in [3.63, 3.8) is 0 Å². The lowest BCUT2D eigenvalue weighted by Crippen LogP contribution is -2.22. The second kappa shape index (κ2) is 5.23. The van der Waals surface area contributed by atoms with Gasteiger partial charge in [-0.15, -0.1) is 12.4 Å². The number of hydrogen-bond donors (Lipinski definition) is 1. The Kier molecular flexibility index (Phi) is 4.21. The standard InChI is InChI=1S/C12H15NO2.ClH/c1-8(9(2)13-3)10-4-5-11-12(6-10)15-7-14-11;/h4-6,9,13H,1,7H2,2-3H3;1H. The minimum absolute atomic E-state index is 0. The lowest BCUT2D eigenvalue weighted by molar-refractivity contribution is 0.174. The molecule has 0 saturated heterocycles. The molecule has 1 aliphatic rings. The van der Waals surface area contributed by atoms with Crippen molar-refractivity contribution in [3.8, 4) is 11.5 Å². The first kappa shape index (κ1) is 12.9. The number of nitrogens with one attached hydrogen (secondary N) is 1. The number of benzene rings is 1. The summed E-state index contributed by atoms with van der Waals surface area (Å²) in [6.07, 6.45) is 0. The van der Waals surface area contributed by atoms with Gasteiger partial charge in [0.25, 0.3) is 0 Å². The molecule has 88 valence electrons. The summed E-state index contributed by atoms with van der Waals surface area (Å²) in [6.45, 7) is 6.45. The normalized spacial score (nSPS) is 14.1. The van der Waals surface area contributed by atoms with Crippen LogP contribution in [0, 0.1) is 0 Å². The van der Waals surface area contributed by atoms with Gasteiger partial charge in [0.05, 0.1) is 0 Å². The van der Waals surface area contributed by atoms with E-state index < -0.39 is 0 Å². The van der Waals surface area contributed by atoms with Crippen molar-refractivity contribution in [1.29, 1.82) is 0 Å². The Labute approximate surface area is 102 Å². The predicted molar refractivity (Wildman–Crippen MR) is 67.4 cm³/mol. The van der Waals surface area contributed by atoms with Crippen LogP contribution in [0.4, 0.5) is 0 Å². The highest BCUT2D eigenvalue weighted by Crippen LogP contribution is 2.34. The zero-order chi connectivity index (χ0) is 10.8. The van der Waals surface area contributed by atoms with Gasteiger partial charge in [-0.2, -0.15) is 0 Å². The second-order valence-electron chi connectivity index (χ2n) is 3.60. The summed E-state index contributed by atoms with van der Waals surface area (Å²) in [5.41, 5.74) is 2.14. The van der Waals surface area contributed by atoms with E-state index in [0.717, 1.165) is 22.6 Å². The van der Waals surface area contributed by atoms with Gasteiger partial charge in [0.2, 0.25) is 6.79 Å². The van der Waals surface area contributed by atoms with E-state index in [1.807, 2.05) is 25.2 Å². The molecular weight excluding hydrogens is 226 g/mol. The Hall–Kier alpha value is -1.19. The fourth-order valence-corrected chi connectivity index (χ4v) is 1.52. The van der Waals surface area contributed by atoms with E-state index >= 15 is 0 Å². The summed E-state index contributed by atoms with van der Waals surface area (Å²) in [5, 5.41) is 3.16. The zero-order valence-electron chi connectivity index (χ0n) is 9.45. The van der Waals surface area contributed by atoms with E-state index in [1.54, 1.807) is 0 Å². The molecule has 0 spiro atoms. The minimum atomic E-state index is 0. The highest BCUT2D eigenvalue weighted by atomic mass is 35.5. The molecule has 0 fully saturated rings. The molecule has 0 saturated carbocycles. The van der Waals surface area contributed by atoms with E-state index in [0.29, 0.717) is 6.79 Å². The summed E-state index contributed by atoms with van der Waals surface area (Å²) >= 11 is 0. The Morgan fingerprint density at radius 1 is 1.38 bits per heavy atom. The van der Waals surface area contributed by atoms with Gasteiger partial charge in [-0.25, -0.2) is 0 Å². The van der Waals surface area contributed by atoms with Gasteiger partial charge < -0.3 is 14.8 Å². The van der Waals surface area contributed by atoms with Crippen LogP contribution in [0.25, 0.3) is 5.57 Å². The van der Waals surface area contributed by atoms with Crippen LogP contribution < -0.4 is 14.8 Å². The van der Waals surface area contributed by atoms with Gasteiger partial charge in [0, 0.05) is 6.04 Å². The van der Waals surface area contributed by atoms with E-state index in [9.17, 15) is 0 Å². The quantitative estimate of drug-likeness (QED) is 0.882. The molecule has 16 heavy (non-hydrogen) atoms. The summed E-state index contributed by atoms with van der Waals surface area (Å²) in [6, 6.07) is 6.15. The first-order chi connectivity index (χ1) is 7.22. The number of hydrogen-bond acceptors (Lipinski definition) is 3. The Morgan fingerprint density at radius 2 is 2.06 bits per heavy atom. The number of likely N-dealkylation sites (N-methyl/N-ethyl adjacent to an activating group) is 1. The molecule has 1 atom stereocenters. The van der Waals surface area contributed by atoms with Crippen LogP contribution in [-0.2, 0) is 0 Å². The summed E-state index contributed by atoms with van der Waals surface area (Å²) in [7, 11) is 1.92. The summed E-state index contributed by atoms with van der Waals surface area (Å²) in [4.78, 5) is 0. The smallest absolute Gasteiger partial charge is 0.231 e. The fraction of sp³-hybridized carbons (Fsp3) is 0.333. The number of fused-ring (bicyclic) bond motifs is 1. The molecule has 1 aliphatic heterocycles. The van der Waals surface area contributed by atoms with Gasteiger partial charge >= 0.3 is 0 Å². The summed E-state index contributed by atoms with van der Waals surface area (Å²) in [5.74, 6) is 1.61. The lowest BCUT2D eigenvalue weighted by Gasteiger charge is -2.14. The van der Waals surface area contributed by atoms with E-state index in [-0.39, 0.29) is 18.4 Å². The lowest BCUT2D eigenvalue weighted by atomic mass is 10.0. The molecule has 2 rings (SSSR count). The van der Waals surface area contributed by atoms with Crippen LogP contribution in [0.3, 0.4) is 0 Å². The third kappa shape index (κ3) is 2.31. The maximum absolute atomic E-state index is 5.32. The fourth-order valence-electron chi connectivity index (χ4n) is 1.52. The molecule has 0 radical (unpaired) electrons. The molecule has 0 aliphatic carbocycles. The zero-order valence-corrected chi connectivity index (χ0v) is 10.3. The first-order valence-electron chi connectivity index (χ1n) is 4.98. The van der Waals surface area contributed by atoms with Gasteiger partial charge in [-0.1, -0.05) is 12.6 Å². The number of ether oxygens (including phenoxy) is 2. The Morgan fingerprint density at radius 3 is 2.75 bits per heavy atom. The van der Waals surface area contributed by atoms with Crippen molar-refractivity contribution in [3.05, 3.63) is 30.3 Å². The average Bonchev–Trinajstić information content (AvgIpc) is 2.73.